The molecule has 1 aromatic heterocycles. The summed E-state index contributed by atoms with van der Waals surface area (Å²) in [4.78, 5) is 17.1. The third-order valence-electron chi connectivity index (χ3n) is 5.63. The molecule has 1 saturated heterocycles. The van der Waals surface area contributed by atoms with Crippen LogP contribution in [-0.2, 0) is 26.3 Å². The normalized spacial score (nSPS) is 15.3. The molecular formula is C25H27N3O3S2. The Bertz CT molecular complexity index is 1160. The van der Waals surface area contributed by atoms with Crippen molar-refractivity contribution in [1.82, 2.24) is 9.29 Å². The lowest BCUT2D eigenvalue weighted by Crippen LogP contribution is -2.41. The summed E-state index contributed by atoms with van der Waals surface area (Å²) in [6.45, 7) is 0.738. The van der Waals surface area contributed by atoms with Gasteiger partial charge in [0, 0.05) is 36.6 Å². The van der Waals surface area contributed by atoms with Gasteiger partial charge in [-0.1, -0.05) is 48.5 Å². The van der Waals surface area contributed by atoms with Crippen molar-refractivity contribution in [3.63, 3.8) is 0 Å². The van der Waals surface area contributed by atoms with E-state index < -0.39 is 10.0 Å². The van der Waals surface area contributed by atoms with Crippen LogP contribution in [0.3, 0.4) is 0 Å². The van der Waals surface area contributed by atoms with Crippen molar-refractivity contribution in [1.29, 1.82) is 0 Å². The first-order valence-electron chi connectivity index (χ1n) is 10.9. The highest BCUT2D eigenvalue weighted by Gasteiger charge is 2.31. The summed E-state index contributed by atoms with van der Waals surface area (Å²) in [5.74, 6) is 0.510. The number of hydrogen-bond donors (Lipinski definition) is 1. The average molecular weight is 482 g/mol. The van der Waals surface area contributed by atoms with E-state index in [1.807, 2.05) is 72.8 Å². The molecule has 3 aromatic rings. The van der Waals surface area contributed by atoms with Gasteiger partial charge in [-0.15, -0.1) is 11.8 Å². The SMILES string of the molecule is O=C(Nc1cccc(CSc2ccccn2)c1)C1CCN(S(=O)(=O)Cc2ccccc2)CC1. The van der Waals surface area contributed by atoms with Crippen LogP contribution in [0.25, 0.3) is 0 Å². The Hall–Kier alpha value is -2.68. The molecule has 0 unspecified atom stereocenters. The fourth-order valence-electron chi connectivity index (χ4n) is 3.85. The first-order valence-corrected chi connectivity index (χ1v) is 13.5. The zero-order valence-corrected chi connectivity index (χ0v) is 19.9. The Balaban J connectivity index is 1.28. The number of carbonyl (C=O) groups is 1. The molecule has 6 nitrogen and oxygen atoms in total. The van der Waals surface area contributed by atoms with Crippen LogP contribution in [-0.4, -0.2) is 36.7 Å². The van der Waals surface area contributed by atoms with E-state index in [0.29, 0.717) is 25.9 Å². The molecule has 33 heavy (non-hydrogen) atoms. The molecule has 0 spiro atoms. The molecular weight excluding hydrogens is 454 g/mol. The standard InChI is InChI=1S/C25H27N3O3S2/c29-25(27-23-10-6-9-21(17-23)18-32-24-11-4-5-14-26-24)22-12-15-28(16-13-22)33(30,31)19-20-7-2-1-3-8-20/h1-11,14,17,22H,12-13,15-16,18-19H2,(H,27,29). The lowest BCUT2D eigenvalue weighted by molar-refractivity contribution is -0.120. The van der Waals surface area contributed by atoms with Crippen LogP contribution in [0.5, 0.6) is 0 Å². The molecule has 2 heterocycles. The van der Waals surface area contributed by atoms with E-state index in [4.69, 9.17) is 0 Å². The van der Waals surface area contributed by atoms with Gasteiger partial charge in [0.2, 0.25) is 15.9 Å². The fraction of sp³-hybridized carbons (Fsp3) is 0.280. The zero-order chi connectivity index (χ0) is 23.1. The van der Waals surface area contributed by atoms with Gasteiger partial charge < -0.3 is 5.32 Å². The highest BCUT2D eigenvalue weighted by Crippen LogP contribution is 2.25. The second-order valence-corrected chi connectivity index (χ2v) is 11.0. The smallest absolute Gasteiger partial charge is 0.227 e. The first-order chi connectivity index (χ1) is 16.0. The number of nitrogens with one attached hydrogen (secondary N) is 1. The summed E-state index contributed by atoms with van der Waals surface area (Å²) in [7, 11) is -3.39. The number of carbonyl (C=O) groups excluding carboxylic acids is 1. The van der Waals surface area contributed by atoms with Gasteiger partial charge in [0.05, 0.1) is 10.8 Å². The van der Waals surface area contributed by atoms with Gasteiger partial charge in [0.1, 0.15) is 0 Å². The zero-order valence-electron chi connectivity index (χ0n) is 18.3. The Kier molecular flexibility index (Phi) is 7.80. The topological polar surface area (TPSA) is 79.4 Å². The van der Waals surface area contributed by atoms with Crippen molar-refractivity contribution in [3.05, 3.63) is 90.1 Å². The van der Waals surface area contributed by atoms with Gasteiger partial charge in [0.25, 0.3) is 0 Å². The summed E-state index contributed by atoms with van der Waals surface area (Å²) in [6, 6.07) is 22.8. The lowest BCUT2D eigenvalue weighted by atomic mass is 9.97. The van der Waals surface area contributed by atoms with E-state index >= 15 is 0 Å². The molecule has 1 N–H and O–H groups in total. The maximum absolute atomic E-state index is 12.8. The minimum Gasteiger partial charge on any atom is -0.326 e. The molecule has 0 bridgehead atoms. The van der Waals surface area contributed by atoms with Crippen LogP contribution >= 0.6 is 11.8 Å². The second kappa shape index (κ2) is 11.0. The van der Waals surface area contributed by atoms with Crippen LogP contribution in [0.15, 0.2) is 84.0 Å². The predicted octanol–water partition coefficient (Wildman–Crippen LogP) is 4.55. The molecule has 0 saturated carbocycles. The largest absolute Gasteiger partial charge is 0.326 e. The summed E-state index contributed by atoms with van der Waals surface area (Å²) < 4.78 is 27.0. The highest BCUT2D eigenvalue weighted by atomic mass is 32.2. The minimum absolute atomic E-state index is 0.00594. The summed E-state index contributed by atoms with van der Waals surface area (Å²) in [6.07, 6.45) is 2.82. The van der Waals surface area contributed by atoms with Crippen LogP contribution in [0.1, 0.15) is 24.0 Å². The molecule has 1 aliphatic heterocycles. The van der Waals surface area contributed by atoms with E-state index in [1.165, 1.54) is 4.31 Å². The Morgan fingerprint density at radius 1 is 0.970 bits per heavy atom. The second-order valence-electron chi connectivity index (χ2n) is 8.06. The van der Waals surface area contributed by atoms with Crippen LogP contribution in [0, 0.1) is 5.92 Å². The number of piperidine rings is 1. The van der Waals surface area contributed by atoms with Crippen molar-refractivity contribution in [3.8, 4) is 0 Å². The van der Waals surface area contributed by atoms with Crippen LogP contribution in [0.4, 0.5) is 5.69 Å². The van der Waals surface area contributed by atoms with E-state index in [0.717, 1.165) is 27.6 Å². The molecule has 1 amide bonds. The number of sulfonamides is 1. The lowest BCUT2D eigenvalue weighted by Gasteiger charge is -2.30. The molecule has 2 aromatic carbocycles. The van der Waals surface area contributed by atoms with Gasteiger partial charge in [-0.2, -0.15) is 0 Å². The van der Waals surface area contributed by atoms with Crippen molar-refractivity contribution in [2.24, 2.45) is 5.92 Å². The predicted molar refractivity (Wildman–Crippen MR) is 132 cm³/mol. The van der Waals surface area contributed by atoms with Crippen LogP contribution in [0.2, 0.25) is 0 Å². The first kappa shape index (κ1) is 23.5. The van der Waals surface area contributed by atoms with Gasteiger partial charge >= 0.3 is 0 Å². The minimum atomic E-state index is -3.39. The van der Waals surface area contributed by atoms with E-state index in [9.17, 15) is 13.2 Å². The van der Waals surface area contributed by atoms with Crippen molar-refractivity contribution >= 4 is 33.4 Å². The highest BCUT2D eigenvalue weighted by molar-refractivity contribution is 7.98. The van der Waals surface area contributed by atoms with Gasteiger partial charge in [-0.05, 0) is 48.2 Å². The Labute approximate surface area is 199 Å². The number of anilines is 1. The summed E-state index contributed by atoms with van der Waals surface area (Å²) >= 11 is 1.65. The number of benzene rings is 2. The van der Waals surface area contributed by atoms with Crippen molar-refractivity contribution < 1.29 is 13.2 Å². The number of hydrogen-bond acceptors (Lipinski definition) is 5. The maximum Gasteiger partial charge on any atom is 0.227 e. The van der Waals surface area contributed by atoms with Crippen LogP contribution < -0.4 is 5.32 Å². The van der Waals surface area contributed by atoms with Crippen molar-refractivity contribution in [2.45, 2.75) is 29.4 Å². The van der Waals surface area contributed by atoms with Gasteiger partial charge in [0.15, 0.2) is 0 Å². The monoisotopic (exact) mass is 481 g/mol. The van der Waals surface area contributed by atoms with E-state index in [1.54, 1.807) is 18.0 Å². The molecule has 172 valence electrons. The average Bonchev–Trinajstić information content (AvgIpc) is 2.84. The number of amides is 1. The molecule has 0 aliphatic carbocycles. The number of aromatic nitrogens is 1. The molecule has 1 aliphatic rings. The fourth-order valence-corrected chi connectivity index (χ4v) is 6.21. The van der Waals surface area contributed by atoms with E-state index in [-0.39, 0.29) is 17.6 Å². The molecule has 8 heteroatoms. The maximum atomic E-state index is 12.8. The Morgan fingerprint density at radius 3 is 2.42 bits per heavy atom. The number of thioether (sulfide) groups is 1. The number of nitrogens with zero attached hydrogens (tertiary/aromatic N) is 2. The summed E-state index contributed by atoms with van der Waals surface area (Å²) in [5, 5.41) is 3.97. The molecule has 1 fully saturated rings. The third-order valence-corrected chi connectivity index (χ3v) is 8.49. The number of rotatable bonds is 8. The van der Waals surface area contributed by atoms with Gasteiger partial charge in [-0.25, -0.2) is 17.7 Å². The van der Waals surface area contributed by atoms with Gasteiger partial charge in [-0.3, -0.25) is 4.79 Å². The number of pyridine rings is 1. The van der Waals surface area contributed by atoms with E-state index in [2.05, 4.69) is 10.3 Å². The van der Waals surface area contributed by atoms with Crippen molar-refractivity contribution in [2.75, 3.05) is 18.4 Å². The summed E-state index contributed by atoms with van der Waals surface area (Å²) in [5.41, 5.74) is 2.64. The third kappa shape index (κ3) is 6.66. The quantitative estimate of drug-likeness (QED) is 0.478. The molecule has 0 atom stereocenters. The molecule has 0 radical (unpaired) electrons. The Morgan fingerprint density at radius 2 is 1.70 bits per heavy atom. The molecule has 4 rings (SSSR count).